The average Bonchev–Trinajstić information content (AvgIpc) is 3.14. The smallest absolute Gasteiger partial charge is 0.410 e. The van der Waals surface area contributed by atoms with E-state index < -0.39 is 10.4 Å². The summed E-state index contributed by atoms with van der Waals surface area (Å²) in [5.74, 6) is 0.296. The third-order valence-electron chi connectivity index (χ3n) is 3.99. The summed E-state index contributed by atoms with van der Waals surface area (Å²) < 4.78 is 42.4. The number of ether oxygens (including phenoxy) is 2. The Balaban J connectivity index is 0.000000501. The fourth-order valence-electron chi connectivity index (χ4n) is 3.00. The highest BCUT2D eigenvalue weighted by Gasteiger charge is 2.36. The summed E-state index contributed by atoms with van der Waals surface area (Å²) >= 11 is 0. The van der Waals surface area contributed by atoms with Gasteiger partial charge in [-0.25, -0.2) is 9.78 Å². The molecule has 150 valence electrons. The monoisotopic (exact) mass is 395 g/mol. The Morgan fingerprint density at radius 2 is 2.12 bits per heavy atom. The summed E-state index contributed by atoms with van der Waals surface area (Å²) in [4.78, 5) is 21.8. The molecule has 1 aromatic heterocycles. The summed E-state index contributed by atoms with van der Waals surface area (Å²) in [6.07, 6.45) is 2.96. The van der Waals surface area contributed by atoms with Crippen LogP contribution in [0.15, 0.2) is 6.33 Å². The SMILES string of the molecule is CC(C)[C@H]1c2nc[nH]c2CCN1C(=O)O[C@H]1CCOC1.O.O=S(=O)(O)O. The summed E-state index contributed by atoms with van der Waals surface area (Å²) in [6, 6.07) is -0.0141. The van der Waals surface area contributed by atoms with Gasteiger partial charge in [-0.3, -0.25) is 14.0 Å². The van der Waals surface area contributed by atoms with Crippen molar-refractivity contribution in [1.29, 1.82) is 0 Å². The summed E-state index contributed by atoms with van der Waals surface area (Å²) in [5, 5.41) is 0. The number of H-pyrrole nitrogens is 1. The van der Waals surface area contributed by atoms with Crippen molar-refractivity contribution in [3.05, 3.63) is 17.7 Å². The third-order valence-corrected chi connectivity index (χ3v) is 3.99. The van der Waals surface area contributed by atoms with Crippen molar-refractivity contribution < 1.29 is 37.3 Å². The normalized spacial score (nSPS) is 22.1. The fraction of sp³-hybridized carbons (Fsp3) is 0.714. The number of hydrogen-bond donors (Lipinski definition) is 3. The van der Waals surface area contributed by atoms with E-state index in [9.17, 15) is 4.79 Å². The minimum absolute atomic E-state index is 0. The minimum atomic E-state index is -4.67. The van der Waals surface area contributed by atoms with Crippen LogP contribution in [0.3, 0.4) is 0 Å². The maximum absolute atomic E-state index is 12.4. The van der Waals surface area contributed by atoms with Crippen LogP contribution in [0.25, 0.3) is 0 Å². The molecular weight excluding hydrogens is 370 g/mol. The van der Waals surface area contributed by atoms with Crippen LogP contribution in [0, 0.1) is 5.92 Å². The summed E-state index contributed by atoms with van der Waals surface area (Å²) in [7, 11) is -4.67. The van der Waals surface area contributed by atoms with Crippen LogP contribution < -0.4 is 0 Å². The maximum atomic E-state index is 12.4. The van der Waals surface area contributed by atoms with E-state index in [1.165, 1.54) is 0 Å². The van der Waals surface area contributed by atoms with Crippen LogP contribution in [-0.2, 0) is 26.3 Å². The number of fused-ring (bicyclic) bond motifs is 1. The molecule has 1 saturated heterocycles. The quantitative estimate of drug-likeness (QED) is 0.604. The molecule has 12 heteroatoms. The lowest BCUT2D eigenvalue weighted by Crippen LogP contribution is -2.43. The first kappa shape index (κ1) is 22.3. The number of rotatable bonds is 2. The molecule has 1 fully saturated rings. The van der Waals surface area contributed by atoms with E-state index in [1.807, 2.05) is 4.90 Å². The summed E-state index contributed by atoms with van der Waals surface area (Å²) in [5.41, 5.74) is 2.11. The van der Waals surface area contributed by atoms with Crippen LogP contribution >= 0.6 is 0 Å². The molecule has 0 unspecified atom stereocenters. The molecule has 0 spiro atoms. The molecule has 11 nitrogen and oxygen atoms in total. The Kier molecular flexibility index (Phi) is 7.96. The summed E-state index contributed by atoms with van der Waals surface area (Å²) in [6.45, 7) is 6.07. The molecule has 0 aliphatic carbocycles. The van der Waals surface area contributed by atoms with Gasteiger partial charge in [0.2, 0.25) is 0 Å². The predicted octanol–water partition coefficient (Wildman–Crippen LogP) is 0.413. The van der Waals surface area contributed by atoms with Gasteiger partial charge < -0.3 is 19.9 Å². The zero-order chi connectivity index (χ0) is 18.6. The number of hydrogen-bond acceptors (Lipinski definition) is 6. The molecule has 0 saturated carbocycles. The lowest BCUT2D eigenvalue weighted by atomic mass is 9.94. The highest BCUT2D eigenvalue weighted by molar-refractivity contribution is 7.79. The van der Waals surface area contributed by atoms with Gasteiger partial charge in [-0.2, -0.15) is 8.42 Å². The third kappa shape index (κ3) is 6.21. The molecule has 5 N–H and O–H groups in total. The van der Waals surface area contributed by atoms with Gasteiger partial charge in [0.1, 0.15) is 6.10 Å². The predicted molar refractivity (Wildman–Crippen MR) is 90.1 cm³/mol. The Morgan fingerprint density at radius 3 is 2.65 bits per heavy atom. The van der Waals surface area contributed by atoms with E-state index >= 15 is 0 Å². The van der Waals surface area contributed by atoms with Crippen LogP contribution in [0.5, 0.6) is 0 Å². The standard InChI is InChI=1S/C14H21N3O3.H2O4S.H2O/c1-9(2)13-12-11(15-8-16-12)3-5-17(13)14(18)20-10-4-6-19-7-10;1-5(2,3)4;/h8-10,13H,3-7H2,1-2H3,(H,15,16);(H2,1,2,3,4);1H2/t10-,13-;;/m0../s1. The van der Waals surface area contributed by atoms with Gasteiger partial charge >= 0.3 is 16.5 Å². The van der Waals surface area contributed by atoms with Gasteiger partial charge in [0.25, 0.3) is 0 Å². The molecule has 0 aromatic carbocycles. The minimum Gasteiger partial charge on any atom is -0.444 e. The van der Waals surface area contributed by atoms with Gasteiger partial charge in [-0.1, -0.05) is 13.8 Å². The first-order valence-electron chi connectivity index (χ1n) is 7.94. The van der Waals surface area contributed by atoms with E-state index in [-0.39, 0.29) is 23.7 Å². The van der Waals surface area contributed by atoms with E-state index in [1.54, 1.807) is 6.33 Å². The van der Waals surface area contributed by atoms with Crippen molar-refractivity contribution >= 4 is 16.5 Å². The van der Waals surface area contributed by atoms with Crippen molar-refractivity contribution in [3.8, 4) is 0 Å². The topological polar surface area (TPSA) is 174 Å². The van der Waals surface area contributed by atoms with E-state index in [0.29, 0.717) is 25.7 Å². The number of aromatic amines is 1. The molecule has 0 bridgehead atoms. The maximum Gasteiger partial charge on any atom is 0.410 e. The Bertz CT molecular complexity index is 676. The van der Waals surface area contributed by atoms with Crippen LogP contribution in [0.2, 0.25) is 0 Å². The number of amides is 1. The number of carbonyl (C=O) groups is 1. The second kappa shape index (κ2) is 9.28. The lowest BCUT2D eigenvalue weighted by Gasteiger charge is -2.36. The number of nitrogens with one attached hydrogen (secondary N) is 1. The molecule has 0 radical (unpaired) electrons. The molecule has 2 aliphatic heterocycles. The van der Waals surface area contributed by atoms with Gasteiger partial charge in [0.15, 0.2) is 0 Å². The van der Waals surface area contributed by atoms with Gasteiger partial charge in [-0.05, 0) is 5.92 Å². The Labute approximate surface area is 151 Å². The van der Waals surface area contributed by atoms with E-state index in [2.05, 4.69) is 23.8 Å². The molecule has 1 aromatic rings. The number of nitrogens with zero attached hydrogens (tertiary/aromatic N) is 2. The van der Waals surface area contributed by atoms with Crippen LogP contribution in [0.1, 0.15) is 37.7 Å². The Morgan fingerprint density at radius 1 is 1.46 bits per heavy atom. The van der Waals surface area contributed by atoms with Gasteiger partial charge in [-0.15, -0.1) is 0 Å². The highest BCUT2D eigenvalue weighted by atomic mass is 32.3. The van der Waals surface area contributed by atoms with Crippen LogP contribution in [-0.4, -0.2) is 69.8 Å². The largest absolute Gasteiger partial charge is 0.444 e. The number of imidazole rings is 1. The molecule has 2 aliphatic rings. The molecule has 26 heavy (non-hydrogen) atoms. The van der Waals surface area contributed by atoms with Crippen molar-refractivity contribution in [2.45, 2.75) is 38.8 Å². The number of aromatic nitrogens is 2. The van der Waals surface area contributed by atoms with Crippen LogP contribution in [0.4, 0.5) is 4.79 Å². The van der Waals surface area contributed by atoms with E-state index in [4.69, 9.17) is 27.0 Å². The van der Waals surface area contributed by atoms with Crippen molar-refractivity contribution in [3.63, 3.8) is 0 Å². The average molecular weight is 395 g/mol. The van der Waals surface area contributed by atoms with Gasteiger partial charge in [0.05, 0.1) is 31.3 Å². The second-order valence-electron chi connectivity index (χ2n) is 6.22. The lowest BCUT2D eigenvalue weighted by molar-refractivity contribution is 0.0344. The number of carbonyl (C=O) groups excluding carboxylic acids is 1. The first-order chi connectivity index (χ1) is 11.7. The van der Waals surface area contributed by atoms with Crippen molar-refractivity contribution in [1.82, 2.24) is 14.9 Å². The molecule has 2 atom stereocenters. The Hall–Kier alpha value is -1.73. The molecule has 3 rings (SSSR count). The molecule has 3 heterocycles. The van der Waals surface area contributed by atoms with E-state index in [0.717, 1.165) is 24.2 Å². The second-order valence-corrected chi connectivity index (χ2v) is 7.11. The van der Waals surface area contributed by atoms with Crippen molar-refractivity contribution in [2.75, 3.05) is 19.8 Å². The molecule has 1 amide bonds. The highest BCUT2D eigenvalue weighted by Crippen LogP contribution is 2.33. The molecular formula is C14H25N3O8S. The van der Waals surface area contributed by atoms with Gasteiger partial charge in [0, 0.05) is 25.1 Å². The van der Waals surface area contributed by atoms with Crippen molar-refractivity contribution in [2.24, 2.45) is 5.92 Å². The zero-order valence-corrected chi connectivity index (χ0v) is 15.4. The zero-order valence-electron chi connectivity index (χ0n) is 14.6. The first-order valence-corrected chi connectivity index (χ1v) is 9.33. The fourth-order valence-corrected chi connectivity index (χ4v) is 3.00.